The number of aromatic nitrogens is 4. The normalized spacial score (nSPS) is 10.7. The fourth-order valence-electron chi connectivity index (χ4n) is 2.90. The Morgan fingerprint density at radius 2 is 1.62 bits per heavy atom. The molecule has 7 nitrogen and oxygen atoms in total. The van der Waals surface area contributed by atoms with E-state index in [4.69, 9.17) is 0 Å². The molecule has 2 aromatic carbocycles. The van der Waals surface area contributed by atoms with Gasteiger partial charge in [-0.2, -0.15) is 0 Å². The molecule has 0 saturated heterocycles. The van der Waals surface area contributed by atoms with Crippen LogP contribution < -0.4 is 15.4 Å². The van der Waals surface area contributed by atoms with Crippen LogP contribution in [0.15, 0.2) is 78.2 Å². The lowest BCUT2D eigenvalue weighted by Crippen LogP contribution is -1.99. The third kappa shape index (κ3) is 4.74. The van der Waals surface area contributed by atoms with Crippen LogP contribution >= 0.6 is 11.9 Å². The zero-order chi connectivity index (χ0) is 20.1. The maximum Gasteiger partial charge on any atom is 0.135 e. The Morgan fingerprint density at radius 3 is 2.31 bits per heavy atom. The number of rotatable bonds is 7. The molecule has 146 valence electrons. The molecule has 0 spiro atoms. The molecule has 3 N–H and O–H groups in total. The van der Waals surface area contributed by atoms with Crippen molar-refractivity contribution in [2.75, 3.05) is 17.7 Å². The molecule has 0 aliphatic heterocycles. The molecule has 2 heterocycles. The third-order valence-electron chi connectivity index (χ3n) is 4.24. The van der Waals surface area contributed by atoms with Crippen molar-refractivity contribution in [3.8, 4) is 5.69 Å². The van der Waals surface area contributed by atoms with Gasteiger partial charge in [0.15, 0.2) is 0 Å². The minimum Gasteiger partial charge on any atom is -0.340 e. The van der Waals surface area contributed by atoms with E-state index in [2.05, 4.69) is 36.4 Å². The number of hydrogen-bond acceptors (Lipinski definition) is 7. The average molecular weight is 404 g/mol. The molecule has 0 unspecified atom stereocenters. The number of nitrogens with zero attached hydrogens (tertiary/aromatic N) is 4. The van der Waals surface area contributed by atoms with Gasteiger partial charge in [-0.15, -0.1) is 0 Å². The molecule has 2 aromatic heterocycles. The van der Waals surface area contributed by atoms with E-state index in [1.165, 1.54) is 0 Å². The summed E-state index contributed by atoms with van der Waals surface area (Å²) >= 11 is 1.57. The van der Waals surface area contributed by atoms with Gasteiger partial charge in [0.05, 0.1) is 0 Å². The van der Waals surface area contributed by atoms with Gasteiger partial charge in [-0.1, -0.05) is 6.07 Å². The molecule has 29 heavy (non-hydrogen) atoms. The van der Waals surface area contributed by atoms with E-state index in [0.29, 0.717) is 0 Å². The molecule has 8 heteroatoms. The number of nitrogens with one attached hydrogen (secondary N) is 3. The van der Waals surface area contributed by atoms with E-state index in [9.17, 15) is 0 Å². The summed E-state index contributed by atoms with van der Waals surface area (Å²) in [5.41, 5.74) is 2.98. The fraction of sp³-hybridized carbons (Fsp3) is 0.0952. The number of aryl methyl sites for hydroxylation is 1. The van der Waals surface area contributed by atoms with E-state index in [1.807, 2.05) is 73.3 Å². The maximum absolute atomic E-state index is 4.32. The van der Waals surface area contributed by atoms with Crippen molar-refractivity contribution < 1.29 is 0 Å². The predicted octanol–water partition coefficient (Wildman–Crippen LogP) is 4.68. The van der Waals surface area contributed by atoms with Crippen molar-refractivity contribution in [2.24, 2.45) is 0 Å². The molecular weight excluding hydrogens is 382 g/mol. The van der Waals surface area contributed by atoms with Crippen molar-refractivity contribution in [1.29, 1.82) is 0 Å². The summed E-state index contributed by atoms with van der Waals surface area (Å²) in [7, 11) is 1.90. The highest BCUT2D eigenvalue weighted by Crippen LogP contribution is 2.23. The molecule has 0 amide bonds. The number of anilines is 4. The molecule has 4 rings (SSSR count). The zero-order valence-corrected chi connectivity index (χ0v) is 16.9. The second-order valence-corrected chi connectivity index (χ2v) is 7.35. The number of hydrogen-bond donors (Lipinski definition) is 3. The summed E-state index contributed by atoms with van der Waals surface area (Å²) in [6, 6.07) is 18.1. The van der Waals surface area contributed by atoms with Gasteiger partial charge >= 0.3 is 0 Å². The lowest BCUT2D eigenvalue weighted by atomic mass is 10.2. The van der Waals surface area contributed by atoms with Crippen molar-refractivity contribution in [1.82, 2.24) is 24.2 Å². The molecule has 4 aromatic rings. The van der Waals surface area contributed by atoms with Crippen molar-refractivity contribution in [3.05, 3.63) is 79.1 Å². The maximum atomic E-state index is 4.32. The van der Waals surface area contributed by atoms with Crippen LogP contribution in [0.1, 0.15) is 5.82 Å². The van der Waals surface area contributed by atoms with Crippen LogP contribution in [-0.2, 0) is 0 Å². The van der Waals surface area contributed by atoms with Gasteiger partial charge in [0.2, 0.25) is 0 Å². The van der Waals surface area contributed by atoms with E-state index in [-0.39, 0.29) is 0 Å². The first-order chi connectivity index (χ1) is 14.2. The lowest BCUT2D eigenvalue weighted by Gasteiger charge is -2.10. The average Bonchev–Trinajstić information content (AvgIpc) is 3.15. The van der Waals surface area contributed by atoms with E-state index in [1.54, 1.807) is 24.5 Å². The summed E-state index contributed by atoms with van der Waals surface area (Å²) < 4.78 is 5.11. The Hall–Kier alpha value is -3.36. The lowest BCUT2D eigenvalue weighted by molar-refractivity contribution is 0.975. The number of benzene rings is 2. The van der Waals surface area contributed by atoms with Crippen LogP contribution in [0, 0.1) is 6.92 Å². The molecule has 0 fully saturated rings. The molecule has 0 aliphatic rings. The van der Waals surface area contributed by atoms with Gasteiger partial charge in [0.1, 0.15) is 23.8 Å². The first-order valence-corrected chi connectivity index (χ1v) is 9.93. The summed E-state index contributed by atoms with van der Waals surface area (Å²) in [6.07, 6.45) is 5.29. The van der Waals surface area contributed by atoms with Crippen LogP contribution in [0.25, 0.3) is 5.69 Å². The molecule has 0 saturated carbocycles. The zero-order valence-electron chi connectivity index (χ0n) is 16.1. The monoisotopic (exact) mass is 403 g/mol. The van der Waals surface area contributed by atoms with Gasteiger partial charge in [0, 0.05) is 40.4 Å². The summed E-state index contributed by atoms with van der Waals surface area (Å²) in [5.74, 6) is 2.39. The van der Waals surface area contributed by atoms with E-state index < -0.39 is 0 Å². The summed E-state index contributed by atoms with van der Waals surface area (Å²) in [6.45, 7) is 1.98. The predicted molar refractivity (Wildman–Crippen MR) is 118 cm³/mol. The van der Waals surface area contributed by atoms with Gasteiger partial charge in [-0.05, 0) is 68.4 Å². The molecule has 0 bridgehead atoms. The quantitative estimate of drug-likeness (QED) is 0.387. The molecule has 0 atom stereocenters. The van der Waals surface area contributed by atoms with Gasteiger partial charge in [0.25, 0.3) is 0 Å². The Bertz CT molecular complexity index is 1090. The van der Waals surface area contributed by atoms with Crippen molar-refractivity contribution in [2.45, 2.75) is 11.8 Å². The van der Waals surface area contributed by atoms with Crippen molar-refractivity contribution in [3.63, 3.8) is 0 Å². The van der Waals surface area contributed by atoms with Gasteiger partial charge in [-0.3, -0.25) is 4.72 Å². The standard InChI is InChI=1S/C21H21N7S/c1-15-23-10-11-28(15)18-8-6-16(7-9-18)26-20-13-21(25-14-24-20)27-17-4-3-5-19(12-17)29-22-2/h3-14,22H,1-2H3,(H2,24,25,26,27). The van der Waals surface area contributed by atoms with Crippen LogP contribution in [-0.4, -0.2) is 26.6 Å². The smallest absolute Gasteiger partial charge is 0.135 e. The second kappa shape index (κ2) is 8.76. The minimum atomic E-state index is 0.717. The van der Waals surface area contributed by atoms with Crippen molar-refractivity contribution >= 4 is 35.0 Å². The Morgan fingerprint density at radius 1 is 0.862 bits per heavy atom. The highest BCUT2D eigenvalue weighted by Gasteiger charge is 2.04. The Balaban J connectivity index is 1.46. The number of imidazole rings is 1. The second-order valence-electron chi connectivity index (χ2n) is 6.26. The van der Waals surface area contributed by atoms with Crippen LogP contribution in [0.2, 0.25) is 0 Å². The Kier molecular flexibility index (Phi) is 5.73. The molecule has 0 aliphatic carbocycles. The molecule has 0 radical (unpaired) electrons. The summed E-state index contributed by atoms with van der Waals surface area (Å²) in [4.78, 5) is 14.0. The summed E-state index contributed by atoms with van der Waals surface area (Å²) in [5, 5.41) is 6.64. The third-order valence-corrected chi connectivity index (χ3v) is 4.93. The fourth-order valence-corrected chi connectivity index (χ4v) is 3.47. The van der Waals surface area contributed by atoms with E-state index in [0.717, 1.165) is 39.4 Å². The largest absolute Gasteiger partial charge is 0.340 e. The molecular formula is C21H21N7S. The highest BCUT2D eigenvalue weighted by atomic mass is 32.2. The van der Waals surface area contributed by atoms with Crippen LogP contribution in [0.4, 0.5) is 23.0 Å². The van der Waals surface area contributed by atoms with E-state index >= 15 is 0 Å². The SMILES string of the molecule is CNSc1cccc(Nc2cc(Nc3ccc(-n4ccnc4C)cc3)ncn2)c1. The Labute approximate surface area is 173 Å². The first kappa shape index (κ1) is 19.0. The minimum absolute atomic E-state index is 0.717. The first-order valence-electron chi connectivity index (χ1n) is 9.11. The van der Waals surface area contributed by atoms with Gasteiger partial charge in [-0.25, -0.2) is 15.0 Å². The topological polar surface area (TPSA) is 79.7 Å². The van der Waals surface area contributed by atoms with Crippen LogP contribution in [0.5, 0.6) is 0 Å². The van der Waals surface area contributed by atoms with Crippen LogP contribution in [0.3, 0.4) is 0 Å². The highest BCUT2D eigenvalue weighted by molar-refractivity contribution is 7.97. The van der Waals surface area contributed by atoms with Gasteiger partial charge < -0.3 is 15.2 Å².